The number of rotatable bonds is 9. The van der Waals surface area contributed by atoms with Crippen LogP contribution in [0.25, 0.3) is 10.9 Å². The van der Waals surface area contributed by atoms with Gasteiger partial charge in [-0.2, -0.15) is 5.26 Å². The van der Waals surface area contributed by atoms with E-state index in [0.717, 1.165) is 67.4 Å². The maximum atomic E-state index is 10.1. The molecular formula is C30H45N5O3. The molecule has 0 radical (unpaired) electrons. The Kier molecular flexibility index (Phi) is 8.91. The van der Waals surface area contributed by atoms with Gasteiger partial charge in [-0.25, -0.2) is 15.0 Å². The summed E-state index contributed by atoms with van der Waals surface area (Å²) < 4.78 is 12.1. The summed E-state index contributed by atoms with van der Waals surface area (Å²) in [6.07, 6.45) is 9.96. The molecule has 4 rings (SSSR count). The molecule has 1 aliphatic carbocycles. The van der Waals surface area contributed by atoms with Crippen molar-refractivity contribution >= 4 is 10.9 Å². The molecule has 2 fully saturated rings. The van der Waals surface area contributed by atoms with E-state index in [2.05, 4.69) is 50.6 Å². The van der Waals surface area contributed by atoms with Crippen molar-refractivity contribution in [3.63, 3.8) is 0 Å². The van der Waals surface area contributed by atoms with Gasteiger partial charge in [0.25, 0.3) is 0 Å². The number of fused-ring (bicyclic) bond motifs is 1. The Morgan fingerprint density at radius 3 is 2.42 bits per heavy atom. The molecule has 3 heterocycles. The quantitative estimate of drug-likeness (QED) is 0.479. The summed E-state index contributed by atoms with van der Waals surface area (Å²) in [7, 11) is 1.75. The third-order valence-corrected chi connectivity index (χ3v) is 8.48. The van der Waals surface area contributed by atoms with Crippen LogP contribution in [-0.2, 0) is 11.2 Å². The SMILES string of the molecule is COCCN1C(C)(C)CC(Oc2ncc(C3CCC(O)CC3)c3nc(C[C@@H](C)CC#N)ncc23)CC1(C)C. The first-order chi connectivity index (χ1) is 18.0. The highest BCUT2D eigenvalue weighted by Gasteiger charge is 2.46. The maximum absolute atomic E-state index is 10.1. The number of aliphatic hydroxyl groups is 1. The predicted octanol–water partition coefficient (Wildman–Crippen LogP) is 5.18. The van der Waals surface area contributed by atoms with Crippen molar-refractivity contribution in [3.8, 4) is 11.9 Å². The van der Waals surface area contributed by atoms with Crippen molar-refractivity contribution in [2.75, 3.05) is 20.3 Å². The average Bonchev–Trinajstić information content (AvgIpc) is 2.83. The molecular weight excluding hydrogens is 478 g/mol. The third kappa shape index (κ3) is 6.44. The highest BCUT2D eigenvalue weighted by molar-refractivity contribution is 5.85. The van der Waals surface area contributed by atoms with Gasteiger partial charge in [-0.15, -0.1) is 0 Å². The normalized spacial score (nSPS) is 24.7. The molecule has 1 aliphatic heterocycles. The fourth-order valence-electron chi connectivity index (χ4n) is 6.73. The van der Waals surface area contributed by atoms with Crippen LogP contribution in [0.2, 0.25) is 0 Å². The molecule has 0 bridgehead atoms. The highest BCUT2D eigenvalue weighted by atomic mass is 16.5. The second kappa shape index (κ2) is 11.8. The van der Waals surface area contributed by atoms with Crippen LogP contribution >= 0.6 is 0 Å². The Bertz CT molecular complexity index is 1120. The summed E-state index contributed by atoms with van der Waals surface area (Å²) in [5.74, 6) is 1.85. The molecule has 0 aromatic carbocycles. The van der Waals surface area contributed by atoms with E-state index in [4.69, 9.17) is 24.7 Å². The third-order valence-electron chi connectivity index (χ3n) is 8.48. The molecule has 1 saturated carbocycles. The van der Waals surface area contributed by atoms with E-state index in [0.29, 0.717) is 31.2 Å². The number of nitrogens with zero attached hydrogens (tertiary/aromatic N) is 5. The van der Waals surface area contributed by atoms with Gasteiger partial charge in [0.2, 0.25) is 5.88 Å². The van der Waals surface area contributed by atoms with Crippen molar-refractivity contribution < 1.29 is 14.6 Å². The molecule has 0 spiro atoms. The molecule has 2 aliphatic rings. The lowest BCUT2D eigenvalue weighted by Crippen LogP contribution is -2.63. The molecule has 8 nitrogen and oxygen atoms in total. The summed E-state index contributed by atoms with van der Waals surface area (Å²) in [6, 6.07) is 2.25. The molecule has 2 aromatic heterocycles. The number of nitriles is 1. The maximum Gasteiger partial charge on any atom is 0.224 e. The average molecular weight is 524 g/mol. The first-order valence-corrected chi connectivity index (χ1v) is 14.2. The number of aromatic nitrogens is 3. The van der Waals surface area contributed by atoms with Crippen LogP contribution in [0.15, 0.2) is 12.4 Å². The molecule has 1 saturated heterocycles. The van der Waals surface area contributed by atoms with Crippen LogP contribution in [0.5, 0.6) is 5.88 Å². The van der Waals surface area contributed by atoms with Gasteiger partial charge in [-0.3, -0.25) is 4.90 Å². The van der Waals surface area contributed by atoms with Crippen LogP contribution < -0.4 is 4.74 Å². The molecule has 2 aromatic rings. The molecule has 208 valence electrons. The number of likely N-dealkylation sites (tertiary alicyclic amines) is 1. The van der Waals surface area contributed by atoms with E-state index < -0.39 is 0 Å². The first-order valence-electron chi connectivity index (χ1n) is 14.2. The zero-order chi connectivity index (χ0) is 27.5. The Balaban J connectivity index is 1.65. The topological polar surface area (TPSA) is 104 Å². The lowest BCUT2D eigenvalue weighted by atomic mass is 9.78. The van der Waals surface area contributed by atoms with Crippen molar-refractivity contribution in [2.45, 2.75) is 115 Å². The van der Waals surface area contributed by atoms with E-state index >= 15 is 0 Å². The first kappa shape index (κ1) is 28.7. The number of ether oxygens (including phenoxy) is 2. The number of piperidine rings is 1. The van der Waals surface area contributed by atoms with Crippen LogP contribution in [-0.4, -0.2) is 68.5 Å². The monoisotopic (exact) mass is 523 g/mol. The predicted molar refractivity (Wildman–Crippen MR) is 148 cm³/mol. The van der Waals surface area contributed by atoms with E-state index in [1.54, 1.807) is 7.11 Å². The van der Waals surface area contributed by atoms with Gasteiger partial charge in [0, 0.05) is 68.4 Å². The van der Waals surface area contributed by atoms with Crippen LogP contribution in [0, 0.1) is 17.2 Å². The number of hydrogen-bond acceptors (Lipinski definition) is 8. The Morgan fingerprint density at radius 2 is 1.79 bits per heavy atom. The van der Waals surface area contributed by atoms with Crippen molar-refractivity contribution in [2.24, 2.45) is 5.92 Å². The zero-order valence-corrected chi connectivity index (χ0v) is 24.0. The van der Waals surface area contributed by atoms with Crippen molar-refractivity contribution in [1.82, 2.24) is 19.9 Å². The molecule has 38 heavy (non-hydrogen) atoms. The second-order valence-electron chi connectivity index (χ2n) is 12.7. The summed E-state index contributed by atoms with van der Waals surface area (Å²) >= 11 is 0. The Morgan fingerprint density at radius 1 is 1.11 bits per heavy atom. The zero-order valence-electron chi connectivity index (χ0n) is 24.0. The van der Waals surface area contributed by atoms with E-state index in [-0.39, 0.29) is 29.2 Å². The van der Waals surface area contributed by atoms with Crippen LogP contribution in [0.1, 0.15) is 96.9 Å². The summed E-state index contributed by atoms with van der Waals surface area (Å²) in [5.41, 5.74) is 1.92. The van der Waals surface area contributed by atoms with Gasteiger partial charge in [0.15, 0.2) is 0 Å². The summed E-state index contributed by atoms with van der Waals surface area (Å²) in [4.78, 5) is 17.1. The number of hydrogen-bond donors (Lipinski definition) is 1. The van der Waals surface area contributed by atoms with Gasteiger partial charge in [0.05, 0.1) is 29.7 Å². The van der Waals surface area contributed by atoms with Gasteiger partial charge in [-0.05, 0) is 65.2 Å². The lowest BCUT2D eigenvalue weighted by Gasteiger charge is -2.55. The van der Waals surface area contributed by atoms with E-state index in [1.807, 2.05) is 12.4 Å². The minimum atomic E-state index is -0.216. The van der Waals surface area contributed by atoms with Crippen LogP contribution in [0.4, 0.5) is 0 Å². The summed E-state index contributed by atoms with van der Waals surface area (Å²) in [6.45, 7) is 12.8. The van der Waals surface area contributed by atoms with Gasteiger partial charge < -0.3 is 14.6 Å². The standard InChI is InChI=1S/C30H45N5O3/c1-20(11-12-31)15-26-32-19-25-27(34-26)24(21-7-9-22(36)10-8-21)18-33-28(25)38-23-16-29(2,3)35(13-14-37-6)30(4,5)17-23/h18-23,36H,7-11,13-17H2,1-6H3/t20-,21?,22?/m0/s1. The van der Waals surface area contributed by atoms with E-state index in [9.17, 15) is 5.11 Å². The molecule has 0 amide bonds. The summed E-state index contributed by atoms with van der Waals surface area (Å²) in [5, 5.41) is 20.0. The van der Waals surface area contributed by atoms with Gasteiger partial charge in [0.1, 0.15) is 11.9 Å². The van der Waals surface area contributed by atoms with Crippen molar-refractivity contribution in [3.05, 3.63) is 23.8 Å². The fourth-order valence-corrected chi connectivity index (χ4v) is 6.73. The number of methoxy groups -OCH3 is 1. The van der Waals surface area contributed by atoms with Gasteiger partial charge in [-0.1, -0.05) is 6.92 Å². The van der Waals surface area contributed by atoms with E-state index in [1.165, 1.54) is 0 Å². The fraction of sp³-hybridized carbons (Fsp3) is 0.733. The minimum absolute atomic E-state index is 0.0144. The molecule has 1 N–H and O–H groups in total. The number of aliphatic hydroxyl groups excluding tert-OH is 1. The largest absolute Gasteiger partial charge is 0.474 e. The molecule has 1 atom stereocenters. The molecule has 0 unspecified atom stereocenters. The smallest absolute Gasteiger partial charge is 0.224 e. The van der Waals surface area contributed by atoms with Crippen molar-refractivity contribution in [1.29, 1.82) is 5.26 Å². The number of pyridine rings is 1. The Labute approximate surface area is 227 Å². The van der Waals surface area contributed by atoms with Gasteiger partial charge >= 0.3 is 0 Å². The highest BCUT2D eigenvalue weighted by Crippen LogP contribution is 2.41. The Hall–Kier alpha value is -2.34. The second-order valence-corrected chi connectivity index (χ2v) is 12.7. The molecule has 8 heteroatoms. The van der Waals surface area contributed by atoms with Crippen LogP contribution in [0.3, 0.4) is 0 Å². The minimum Gasteiger partial charge on any atom is -0.474 e. The lowest BCUT2D eigenvalue weighted by molar-refractivity contribution is -0.0815.